The molecule has 0 radical (unpaired) electrons. The summed E-state index contributed by atoms with van der Waals surface area (Å²) >= 11 is 0. The van der Waals surface area contributed by atoms with Crippen LogP contribution in [-0.2, 0) is 19.4 Å². The molecule has 24 heavy (non-hydrogen) atoms. The van der Waals surface area contributed by atoms with Gasteiger partial charge in [-0.15, -0.1) is 0 Å². The predicted octanol–water partition coefficient (Wildman–Crippen LogP) is 2.81. The number of hydrogen-bond donors (Lipinski definition) is 1. The van der Waals surface area contributed by atoms with Crippen LogP contribution in [-0.4, -0.2) is 37.6 Å². The van der Waals surface area contributed by atoms with Crippen LogP contribution >= 0.6 is 0 Å². The molecule has 3 aromatic rings. The number of rotatable bonds is 4. The van der Waals surface area contributed by atoms with Gasteiger partial charge in [0.05, 0.1) is 0 Å². The molecular weight excluding hydrogens is 300 g/mol. The fourth-order valence-electron chi connectivity index (χ4n) is 3.32. The maximum absolute atomic E-state index is 4.51. The first-order chi connectivity index (χ1) is 11.8. The van der Waals surface area contributed by atoms with Crippen LogP contribution in [0.3, 0.4) is 0 Å². The van der Waals surface area contributed by atoms with E-state index in [1.54, 1.807) is 10.8 Å². The van der Waals surface area contributed by atoms with Gasteiger partial charge in [-0.25, -0.2) is 4.98 Å². The van der Waals surface area contributed by atoms with E-state index in [9.17, 15) is 0 Å². The second-order valence-corrected chi connectivity index (χ2v) is 6.15. The summed E-state index contributed by atoms with van der Waals surface area (Å²) in [5.41, 5.74) is 4.99. The van der Waals surface area contributed by atoms with E-state index < -0.39 is 0 Å². The number of anilines is 2. The molecule has 6 heteroatoms. The third-order valence-electron chi connectivity index (χ3n) is 4.72. The molecule has 3 heterocycles. The number of likely N-dealkylation sites (N-methyl/N-ethyl adjacent to an activating group) is 1. The molecule has 0 unspecified atom stereocenters. The number of hydrogen-bond acceptors (Lipinski definition) is 5. The van der Waals surface area contributed by atoms with Crippen molar-refractivity contribution in [2.24, 2.45) is 0 Å². The summed E-state index contributed by atoms with van der Waals surface area (Å²) in [6.45, 7) is 7.55. The van der Waals surface area contributed by atoms with E-state index in [0.717, 1.165) is 49.7 Å². The predicted molar refractivity (Wildman–Crippen MR) is 94.5 cm³/mol. The average molecular weight is 322 g/mol. The second kappa shape index (κ2) is 6.20. The van der Waals surface area contributed by atoms with Crippen LogP contribution in [0.2, 0.25) is 0 Å². The average Bonchev–Trinajstić information content (AvgIpc) is 3.10. The molecule has 1 aliphatic heterocycles. The highest BCUT2D eigenvalue weighted by Gasteiger charge is 2.18. The van der Waals surface area contributed by atoms with Crippen LogP contribution in [0.25, 0.3) is 5.78 Å². The maximum Gasteiger partial charge on any atom is 0.254 e. The zero-order valence-corrected chi connectivity index (χ0v) is 14.2. The van der Waals surface area contributed by atoms with Crippen molar-refractivity contribution in [2.75, 3.05) is 18.4 Å². The lowest BCUT2D eigenvalue weighted by atomic mass is 9.97. The Hall–Kier alpha value is -2.47. The van der Waals surface area contributed by atoms with Gasteiger partial charge in [0, 0.05) is 30.5 Å². The SMILES string of the molecule is CCc1cc(Nc2cccc3c2CCN(CC)C3)n2ncnc2n1. The van der Waals surface area contributed by atoms with Crippen LogP contribution in [0.15, 0.2) is 30.6 Å². The summed E-state index contributed by atoms with van der Waals surface area (Å²) in [7, 11) is 0. The van der Waals surface area contributed by atoms with Crippen molar-refractivity contribution in [1.82, 2.24) is 24.5 Å². The minimum atomic E-state index is 0.638. The minimum Gasteiger partial charge on any atom is -0.340 e. The Bertz CT molecular complexity index is 869. The van der Waals surface area contributed by atoms with Gasteiger partial charge in [0.2, 0.25) is 0 Å². The first kappa shape index (κ1) is 15.1. The van der Waals surface area contributed by atoms with Crippen LogP contribution < -0.4 is 5.32 Å². The molecule has 6 nitrogen and oxygen atoms in total. The molecule has 0 atom stereocenters. The molecule has 1 aromatic carbocycles. The van der Waals surface area contributed by atoms with Gasteiger partial charge in [-0.2, -0.15) is 14.6 Å². The largest absolute Gasteiger partial charge is 0.340 e. The zero-order valence-electron chi connectivity index (χ0n) is 14.2. The highest BCUT2D eigenvalue weighted by Crippen LogP contribution is 2.28. The Labute approximate surface area is 141 Å². The van der Waals surface area contributed by atoms with Crippen LogP contribution in [0, 0.1) is 0 Å². The minimum absolute atomic E-state index is 0.638. The Morgan fingerprint density at radius 1 is 1.25 bits per heavy atom. The molecule has 0 amide bonds. The van der Waals surface area contributed by atoms with Crippen LogP contribution in [0.1, 0.15) is 30.7 Å². The summed E-state index contributed by atoms with van der Waals surface area (Å²) in [6.07, 6.45) is 3.49. The van der Waals surface area contributed by atoms with E-state index in [-0.39, 0.29) is 0 Å². The van der Waals surface area contributed by atoms with E-state index in [1.165, 1.54) is 11.1 Å². The normalized spacial score (nSPS) is 14.8. The Kier molecular flexibility index (Phi) is 3.90. The van der Waals surface area contributed by atoms with E-state index in [1.807, 2.05) is 0 Å². The third kappa shape index (κ3) is 2.63. The topological polar surface area (TPSA) is 58.4 Å². The lowest BCUT2D eigenvalue weighted by molar-refractivity contribution is 0.268. The molecule has 1 N–H and O–H groups in total. The molecule has 0 aliphatic carbocycles. The second-order valence-electron chi connectivity index (χ2n) is 6.15. The zero-order chi connectivity index (χ0) is 16.5. The van der Waals surface area contributed by atoms with Crippen LogP contribution in [0.4, 0.5) is 11.5 Å². The number of fused-ring (bicyclic) bond motifs is 2. The molecule has 0 fully saturated rings. The monoisotopic (exact) mass is 322 g/mol. The standard InChI is InChI=1S/C18H22N6/c1-3-14-10-17(24-18(21-14)19-12-20-24)22-16-7-5-6-13-11-23(4-2)9-8-15(13)16/h5-7,10,12,22H,3-4,8-9,11H2,1-2H3. The highest BCUT2D eigenvalue weighted by atomic mass is 15.4. The van der Waals surface area contributed by atoms with Crippen molar-refractivity contribution in [3.8, 4) is 0 Å². The van der Waals surface area contributed by atoms with Crippen molar-refractivity contribution < 1.29 is 0 Å². The third-order valence-corrected chi connectivity index (χ3v) is 4.72. The van der Waals surface area contributed by atoms with Gasteiger partial charge in [0.25, 0.3) is 5.78 Å². The van der Waals surface area contributed by atoms with Gasteiger partial charge in [-0.05, 0) is 36.6 Å². The lowest BCUT2D eigenvalue weighted by Gasteiger charge is -2.29. The van der Waals surface area contributed by atoms with Gasteiger partial charge in [0.1, 0.15) is 12.1 Å². The number of nitrogens with one attached hydrogen (secondary N) is 1. The summed E-state index contributed by atoms with van der Waals surface area (Å²) in [5.74, 6) is 1.56. The molecule has 0 saturated heterocycles. The smallest absolute Gasteiger partial charge is 0.254 e. The van der Waals surface area contributed by atoms with Crippen molar-refractivity contribution in [2.45, 2.75) is 33.2 Å². The first-order valence-electron chi connectivity index (χ1n) is 8.58. The van der Waals surface area contributed by atoms with Crippen molar-refractivity contribution in [1.29, 1.82) is 0 Å². The lowest BCUT2D eigenvalue weighted by Crippen LogP contribution is -2.30. The number of aromatic nitrogens is 4. The van der Waals surface area contributed by atoms with Gasteiger partial charge in [-0.1, -0.05) is 26.0 Å². The van der Waals surface area contributed by atoms with E-state index in [2.05, 4.69) is 63.4 Å². The molecule has 0 spiro atoms. The van der Waals surface area contributed by atoms with Crippen LogP contribution in [0.5, 0.6) is 0 Å². The fourth-order valence-corrected chi connectivity index (χ4v) is 3.32. The summed E-state index contributed by atoms with van der Waals surface area (Å²) in [6, 6.07) is 8.57. The summed E-state index contributed by atoms with van der Waals surface area (Å²) < 4.78 is 1.76. The van der Waals surface area contributed by atoms with Gasteiger partial charge in [-0.3, -0.25) is 4.90 Å². The van der Waals surface area contributed by atoms with Crippen molar-refractivity contribution >= 4 is 17.3 Å². The molecule has 0 bridgehead atoms. The Morgan fingerprint density at radius 2 is 2.17 bits per heavy atom. The van der Waals surface area contributed by atoms with Crippen molar-refractivity contribution in [3.05, 3.63) is 47.4 Å². The fraction of sp³-hybridized carbons (Fsp3) is 0.389. The molecule has 124 valence electrons. The number of benzene rings is 1. The van der Waals surface area contributed by atoms with E-state index in [4.69, 9.17) is 0 Å². The summed E-state index contributed by atoms with van der Waals surface area (Å²) in [5, 5.41) is 7.87. The number of aryl methyl sites for hydroxylation is 1. The number of nitrogens with zero attached hydrogens (tertiary/aromatic N) is 5. The van der Waals surface area contributed by atoms with Gasteiger partial charge in [0.15, 0.2) is 0 Å². The first-order valence-corrected chi connectivity index (χ1v) is 8.58. The van der Waals surface area contributed by atoms with E-state index in [0.29, 0.717) is 5.78 Å². The maximum atomic E-state index is 4.51. The molecule has 1 aliphatic rings. The molecular formula is C18H22N6. The van der Waals surface area contributed by atoms with Gasteiger partial charge < -0.3 is 5.32 Å². The Balaban J connectivity index is 1.73. The van der Waals surface area contributed by atoms with Gasteiger partial charge >= 0.3 is 0 Å². The van der Waals surface area contributed by atoms with Crippen molar-refractivity contribution in [3.63, 3.8) is 0 Å². The van der Waals surface area contributed by atoms with E-state index >= 15 is 0 Å². The molecule has 4 rings (SSSR count). The highest BCUT2D eigenvalue weighted by molar-refractivity contribution is 5.64. The quantitative estimate of drug-likeness (QED) is 0.800. The molecule has 0 saturated carbocycles. The Morgan fingerprint density at radius 3 is 3.00 bits per heavy atom. The summed E-state index contributed by atoms with van der Waals surface area (Å²) in [4.78, 5) is 11.2. The molecule has 2 aromatic heterocycles.